The molecule has 18 heavy (non-hydrogen) atoms. The van der Waals surface area contributed by atoms with Crippen LogP contribution in [0.1, 0.15) is 16.6 Å². The second kappa shape index (κ2) is 5.64. The fourth-order valence-corrected chi connectivity index (χ4v) is 2.57. The zero-order chi connectivity index (χ0) is 13.0. The lowest BCUT2D eigenvalue weighted by Gasteiger charge is -2.03. The van der Waals surface area contributed by atoms with Gasteiger partial charge >= 0.3 is 0 Å². The molecule has 4 nitrogen and oxygen atoms in total. The Morgan fingerprint density at radius 1 is 1.17 bits per heavy atom. The van der Waals surface area contributed by atoms with Gasteiger partial charge in [-0.1, -0.05) is 18.2 Å². The van der Waals surface area contributed by atoms with E-state index in [0.29, 0.717) is 18.0 Å². The van der Waals surface area contributed by atoms with Crippen LogP contribution in [0.5, 0.6) is 0 Å². The molecule has 1 aromatic heterocycles. The van der Waals surface area contributed by atoms with Crippen LogP contribution in [0.3, 0.4) is 0 Å². The molecule has 0 radical (unpaired) electrons. The molecule has 0 aliphatic rings. The molecule has 1 aromatic carbocycles. The van der Waals surface area contributed by atoms with E-state index in [-0.39, 0.29) is 11.8 Å². The first-order chi connectivity index (χ1) is 8.66. The maximum Gasteiger partial charge on any atom is 0.261 e. The van der Waals surface area contributed by atoms with Crippen LogP contribution >= 0.6 is 11.3 Å². The molecule has 1 heterocycles. The summed E-state index contributed by atoms with van der Waals surface area (Å²) >= 11 is 1.47. The molecule has 2 amide bonds. The van der Waals surface area contributed by atoms with E-state index in [4.69, 9.17) is 0 Å². The van der Waals surface area contributed by atoms with Crippen LogP contribution in [0.25, 0.3) is 10.1 Å². The van der Waals surface area contributed by atoms with Gasteiger partial charge in [-0.3, -0.25) is 9.59 Å². The van der Waals surface area contributed by atoms with Gasteiger partial charge < -0.3 is 10.6 Å². The number of nitrogens with one attached hydrogen (secondary N) is 2. The molecule has 2 aromatic rings. The summed E-state index contributed by atoms with van der Waals surface area (Å²) < 4.78 is 1.10. The molecule has 0 fully saturated rings. The van der Waals surface area contributed by atoms with E-state index in [2.05, 4.69) is 10.6 Å². The van der Waals surface area contributed by atoms with Crippen LogP contribution in [0.2, 0.25) is 0 Å². The van der Waals surface area contributed by atoms with E-state index in [9.17, 15) is 9.59 Å². The molecule has 94 valence electrons. The highest BCUT2D eigenvalue weighted by Crippen LogP contribution is 2.24. The SMILES string of the molecule is CC(=O)NCCNC(=O)c1cc2ccccc2s1. The van der Waals surface area contributed by atoms with E-state index < -0.39 is 0 Å². The monoisotopic (exact) mass is 262 g/mol. The Labute approximate surface area is 109 Å². The molecule has 2 rings (SSSR count). The summed E-state index contributed by atoms with van der Waals surface area (Å²) in [5.41, 5.74) is 0. The number of amides is 2. The van der Waals surface area contributed by atoms with Crippen LogP contribution in [0, 0.1) is 0 Å². The van der Waals surface area contributed by atoms with Gasteiger partial charge in [0.25, 0.3) is 5.91 Å². The lowest BCUT2D eigenvalue weighted by atomic mass is 10.2. The molecule has 0 bridgehead atoms. The third kappa shape index (κ3) is 3.07. The van der Waals surface area contributed by atoms with Crippen molar-refractivity contribution < 1.29 is 9.59 Å². The van der Waals surface area contributed by atoms with Crippen molar-refractivity contribution in [3.8, 4) is 0 Å². The fraction of sp³-hybridized carbons (Fsp3) is 0.231. The average molecular weight is 262 g/mol. The molecule has 2 N–H and O–H groups in total. The zero-order valence-electron chi connectivity index (χ0n) is 10.0. The molecule has 0 unspecified atom stereocenters. The first-order valence-corrected chi connectivity index (χ1v) is 6.49. The number of thiophene rings is 1. The average Bonchev–Trinajstić information content (AvgIpc) is 2.78. The van der Waals surface area contributed by atoms with Crippen LogP contribution in [-0.2, 0) is 4.79 Å². The first-order valence-electron chi connectivity index (χ1n) is 5.68. The van der Waals surface area contributed by atoms with Gasteiger partial charge in [0.15, 0.2) is 0 Å². The smallest absolute Gasteiger partial charge is 0.261 e. The third-order valence-electron chi connectivity index (χ3n) is 2.43. The van der Waals surface area contributed by atoms with Crippen LogP contribution < -0.4 is 10.6 Å². The standard InChI is InChI=1S/C13H14N2O2S/c1-9(16)14-6-7-15-13(17)12-8-10-4-2-3-5-11(10)18-12/h2-5,8H,6-7H2,1H3,(H,14,16)(H,15,17). The Balaban J connectivity index is 1.94. The van der Waals surface area contributed by atoms with E-state index in [1.54, 1.807) is 0 Å². The quantitative estimate of drug-likeness (QED) is 0.825. The van der Waals surface area contributed by atoms with Crippen molar-refractivity contribution in [1.82, 2.24) is 10.6 Å². The zero-order valence-corrected chi connectivity index (χ0v) is 10.8. The van der Waals surface area contributed by atoms with Gasteiger partial charge in [-0.2, -0.15) is 0 Å². The number of carbonyl (C=O) groups excluding carboxylic acids is 2. The minimum absolute atomic E-state index is 0.0916. The van der Waals surface area contributed by atoms with Gasteiger partial charge in [0.2, 0.25) is 5.91 Å². The maximum absolute atomic E-state index is 11.8. The minimum atomic E-state index is -0.0958. The predicted octanol–water partition coefficient (Wildman–Crippen LogP) is 1.77. The van der Waals surface area contributed by atoms with Crippen LogP contribution in [-0.4, -0.2) is 24.9 Å². The number of rotatable bonds is 4. The molecule has 0 saturated heterocycles. The van der Waals surface area contributed by atoms with Gasteiger partial charge in [-0.05, 0) is 17.5 Å². The topological polar surface area (TPSA) is 58.2 Å². The van der Waals surface area contributed by atoms with Crippen LogP contribution in [0.4, 0.5) is 0 Å². The van der Waals surface area contributed by atoms with Gasteiger partial charge in [-0.25, -0.2) is 0 Å². The van der Waals surface area contributed by atoms with E-state index in [1.807, 2.05) is 30.3 Å². The highest BCUT2D eigenvalue weighted by molar-refractivity contribution is 7.20. The third-order valence-corrected chi connectivity index (χ3v) is 3.55. The molecule has 0 spiro atoms. The Bertz CT molecular complexity index is 544. The summed E-state index contributed by atoms with van der Waals surface area (Å²) in [6.45, 7) is 2.34. The lowest BCUT2D eigenvalue weighted by Crippen LogP contribution is -2.33. The summed E-state index contributed by atoms with van der Waals surface area (Å²) in [5, 5.41) is 6.48. The van der Waals surface area contributed by atoms with Crippen molar-refractivity contribution >= 4 is 33.2 Å². The molecule has 0 saturated carbocycles. The number of carbonyl (C=O) groups is 2. The van der Waals surface area contributed by atoms with Gasteiger partial charge in [0.05, 0.1) is 4.88 Å². The lowest BCUT2D eigenvalue weighted by molar-refractivity contribution is -0.118. The second-order valence-corrected chi connectivity index (χ2v) is 4.97. The molecule has 0 atom stereocenters. The van der Waals surface area contributed by atoms with Gasteiger partial charge in [0, 0.05) is 24.7 Å². The van der Waals surface area contributed by atoms with E-state index in [0.717, 1.165) is 10.1 Å². The van der Waals surface area contributed by atoms with E-state index >= 15 is 0 Å². The van der Waals surface area contributed by atoms with Crippen molar-refractivity contribution in [3.05, 3.63) is 35.2 Å². The van der Waals surface area contributed by atoms with Crippen molar-refractivity contribution in [2.75, 3.05) is 13.1 Å². The summed E-state index contributed by atoms with van der Waals surface area (Å²) in [7, 11) is 0. The summed E-state index contributed by atoms with van der Waals surface area (Å²) in [4.78, 5) is 23.2. The normalized spacial score (nSPS) is 10.3. The van der Waals surface area contributed by atoms with Crippen molar-refractivity contribution in [2.45, 2.75) is 6.92 Å². The van der Waals surface area contributed by atoms with Crippen LogP contribution in [0.15, 0.2) is 30.3 Å². The van der Waals surface area contributed by atoms with Gasteiger partial charge in [0.1, 0.15) is 0 Å². The number of hydrogen-bond donors (Lipinski definition) is 2. The summed E-state index contributed by atoms with van der Waals surface area (Å²) in [5.74, 6) is -0.187. The minimum Gasteiger partial charge on any atom is -0.355 e. The first kappa shape index (κ1) is 12.6. The van der Waals surface area contributed by atoms with E-state index in [1.165, 1.54) is 18.3 Å². The van der Waals surface area contributed by atoms with Crippen molar-refractivity contribution in [2.24, 2.45) is 0 Å². The predicted molar refractivity (Wildman–Crippen MR) is 72.8 cm³/mol. The molecule has 0 aliphatic heterocycles. The largest absolute Gasteiger partial charge is 0.355 e. The highest BCUT2D eigenvalue weighted by atomic mass is 32.1. The second-order valence-electron chi connectivity index (χ2n) is 3.89. The fourth-order valence-electron chi connectivity index (χ4n) is 1.60. The van der Waals surface area contributed by atoms with Crippen molar-refractivity contribution in [1.29, 1.82) is 0 Å². The maximum atomic E-state index is 11.8. The number of fused-ring (bicyclic) bond motifs is 1. The molecule has 0 aliphatic carbocycles. The highest BCUT2D eigenvalue weighted by Gasteiger charge is 2.08. The molecule has 5 heteroatoms. The van der Waals surface area contributed by atoms with Gasteiger partial charge in [-0.15, -0.1) is 11.3 Å². The summed E-state index contributed by atoms with van der Waals surface area (Å²) in [6, 6.07) is 9.77. The Kier molecular flexibility index (Phi) is 3.94. The summed E-state index contributed by atoms with van der Waals surface area (Å²) in [6.07, 6.45) is 0. The van der Waals surface area contributed by atoms with Crippen molar-refractivity contribution in [3.63, 3.8) is 0 Å². The Hall–Kier alpha value is -1.88. The molecular weight excluding hydrogens is 248 g/mol. The number of hydrogen-bond acceptors (Lipinski definition) is 3. The Morgan fingerprint density at radius 3 is 2.61 bits per heavy atom. The molecular formula is C13H14N2O2S. The number of benzene rings is 1. The Morgan fingerprint density at radius 2 is 1.89 bits per heavy atom.